The van der Waals surface area contributed by atoms with Crippen LogP contribution in [0.15, 0.2) is 55.0 Å². The molecule has 0 aliphatic carbocycles. The fraction of sp³-hybridized carbons (Fsp3) is 0.231. The number of anilines is 1. The molecule has 188 valence electrons. The van der Waals surface area contributed by atoms with Gasteiger partial charge in [-0.05, 0) is 54.8 Å². The van der Waals surface area contributed by atoms with Crippen LogP contribution in [-0.2, 0) is 23.8 Å². The third kappa shape index (κ3) is 4.48. The Morgan fingerprint density at radius 3 is 2.84 bits per heavy atom. The minimum Gasteiger partial charge on any atom is -0.493 e. The summed E-state index contributed by atoms with van der Waals surface area (Å²) in [6, 6.07) is 10.1. The van der Waals surface area contributed by atoms with Crippen LogP contribution in [0, 0.1) is 0 Å². The molecule has 0 bridgehead atoms. The molecule has 2 aliphatic rings. The summed E-state index contributed by atoms with van der Waals surface area (Å²) < 4.78 is 52.3. The molecule has 1 atom stereocenters. The Labute approximate surface area is 208 Å². The molecular weight excluding hydrogens is 487 g/mol. The lowest BCUT2D eigenvalue weighted by atomic mass is 9.96. The molecule has 0 radical (unpaired) electrons. The Balaban J connectivity index is 1.23. The molecule has 0 spiro atoms. The Hall–Kier alpha value is -4.41. The molecule has 4 aromatic rings. The van der Waals surface area contributed by atoms with Gasteiger partial charge in [-0.3, -0.25) is 9.78 Å². The molecule has 5 heterocycles. The zero-order valence-corrected chi connectivity index (χ0v) is 19.3. The zero-order valence-electron chi connectivity index (χ0n) is 19.3. The number of fused-ring (bicyclic) bond motifs is 2. The number of nitrogens with zero attached hydrogens (tertiary/aromatic N) is 3. The van der Waals surface area contributed by atoms with Crippen LogP contribution in [0.25, 0.3) is 11.3 Å². The van der Waals surface area contributed by atoms with E-state index in [1.807, 2.05) is 12.1 Å². The van der Waals surface area contributed by atoms with Crippen molar-refractivity contribution in [1.82, 2.24) is 19.9 Å². The minimum absolute atomic E-state index is 0.0756. The van der Waals surface area contributed by atoms with Crippen molar-refractivity contribution in [1.29, 1.82) is 0 Å². The Bertz CT molecular complexity index is 1500. The number of amides is 1. The average molecular weight is 507 g/mol. The van der Waals surface area contributed by atoms with Gasteiger partial charge in [0.15, 0.2) is 5.69 Å². The third-order valence-electron chi connectivity index (χ3n) is 6.38. The number of H-pyrrole nitrogens is 1. The Morgan fingerprint density at radius 1 is 1.08 bits per heavy atom. The lowest BCUT2D eigenvalue weighted by Gasteiger charge is -2.25. The number of rotatable bonds is 4. The highest BCUT2D eigenvalue weighted by atomic mass is 19.4. The van der Waals surface area contributed by atoms with Gasteiger partial charge in [-0.2, -0.15) is 13.2 Å². The first-order valence-corrected chi connectivity index (χ1v) is 11.6. The summed E-state index contributed by atoms with van der Waals surface area (Å²) in [7, 11) is 0. The first kappa shape index (κ1) is 23.0. The molecule has 0 fully saturated rings. The second-order valence-corrected chi connectivity index (χ2v) is 8.84. The van der Waals surface area contributed by atoms with E-state index in [2.05, 4.69) is 25.3 Å². The van der Waals surface area contributed by atoms with E-state index in [0.29, 0.717) is 54.8 Å². The molecule has 2 N–H and O–H groups in total. The maximum Gasteiger partial charge on any atom is 0.434 e. The van der Waals surface area contributed by atoms with Crippen LogP contribution in [0.3, 0.4) is 0 Å². The van der Waals surface area contributed by atoms with Crippen LogP contribution in [0.1, 0.15) is 35.0 Å². The molecule has 8 nitrogen and oxygen atoms in total. The largest absolute Gasteiger partial charge is 0.493 e. The summed E-state index contributed by atoms with van der Waals surface area (Å²) in [4.78, 5) is 26.9. The Kier molecular flexibility index (Phi) is 5.54. The van der Waals surface area contributed by atoms with E-state index in [1.165, 1.54) is 18.3 Å². The number of pyridine rings is 2. The zero-order chi connectivity index (χ0) is 25.6. The predicted octanol–water partition coefficient (Wildman–Crippen LogP) is 5.28. The molecule has 0 saturated heterocycles. The molecule has 2 aliphatic heterocycles. The fourth-order valence-electron chi connectivity index (χ4n) is 4.61. The van der Waals surface area contributed by atoms with Gasteiger partial charge in [0.05, 0.1) is 18.2 Å². The summed E-state index contributed by atoms with van der Waals surface area (Å²) >= 11 is 0. The smallest absolute Gasteiger partial charge is 0.434 e. The molecule has 1 amide bonds. The van der Waals surface area contributed by atoms with E-state index < -0.39 is 11.9 Å². The van der Waals surface area contributed by atoms with Crippen molar-refractivity contribution in [2.45, 2.75) is 31.4 Å². The standard InChI is InChI=1S/C26H20F3N5O3/c27-26(28,29)23-17(2-1-8-30-23)19-12-32-24(33-19)15-10-14-11-16(3-5-20(14)36-13-15)37-21-7-9-31-25-18(21)4-6-22(35)34-25/h1-3,5,7-9,11-12,15H,4,6,10,13H2,(H,32,33)(H,31,34,35). The highest BCUT2D eigenvalue weighted by molar-refractivity contribution is 5.93. The van der Waals surface area contributed by atoms with Crippen molar-refractivity contribution < 1.29 is 27.4 Å². The second-order valence-electron chi connectivity index (χ2n) is 8.84. The number of hydrogen-bond acceptors (Lipinski definition) is 6. The molecule has 0 saturated carbocycles. The highest BCUT2D eigenvalue weighted by Crippen LogP contribution is 2.39. The molecule has 3 aromatic heterocycles. The van der Waals surface area contributed by atoms with Crippen LogP contribution >= 0.6 is 0 Å². The molecule has 1 unspecified atom stereocenters. The van der Waals surface area contributed by atoms with Gasteiger partial charge in [-0.1, -0.05) is 0 Å². The maximum atomic E-state index is 13.4. The normalized spacial score (nSPS) is 16.8. The number of hydrogen-bond donors (Lipinski definition) is 2. The number of carbonyl (C=O) groups is 1. The average Bonchev–Trinajstić information content (AvgIpc) is 3.38. The second kappa shape index (κ2) is 8.91. The van der Waals surface area contributed by atoms with Crippen molar-refractivity contribution in [2.75, 3.05) is 11.9 Å². The third-order valence-corrected chi connectivity index (χ3v) is 6.38. The van der Waals surface area contributed by atoms with Crippen molar-refractivity contribution in [3.05, 3.63) is 77.6 Å². The molecular formula is C26H20F3N5O3. The fourth-order valence-corrected chi connectivity index (χ4v) is 4.61. The van der Waals surface area contributed by atoms with Gasteiger partial charge in [0.1, 0.15) is 28.9 Å². The number of halogens is 3. The van der Waals surface area contributed by atoms with Crippen molar-refractivity contribution in [3.8, 4) is 28.5 Å². The topological polar surface area (TPSA) is 102 Å². The van der Waals surface area contributed by atoms with Gasteiger partial charge in [0.2, 0.25) is 5.91 Å². The monoisotopic (exact) mass is 507 g/mol. The number of aromatic nitrogens is 4. The van der Waals surface area contributed by atoms with Gasteiger partial charge in [0.25, 0.3) is 0 Å². The molecule has 6 rings (SSSR count). The van der Waals surface area contributed by atoms with E-state index in [9.17, 15) is 18.0 Å². The van der Waals surface area contributed by atoms with Gasteiger partial charge in [-0.25, -0.2) is 9.97 Å². The van der Waals surface area contributed by atoms with Crippen molar-refractivity contribution >= 4 is 11.7 Å². The number of benzene rings is 1. The van der Waals surface area contributed by atoms with E-state index in [1.54, 1.807) is 18.3 Å². The summed E-state index contributed by atoms with van der Waals surface area (Å²) in [6.45, 7) is 0.330. The van der Waals surface area contributed by atoms with Crippen LogP contribution in [0.5, 0.6) is 17.2 Å². The lowest BCUT2D eigenvalue weighted by molar-refractivity contribution is -0.140. The lowest BCUT2D eigenvalue weighted by Crippen LogP contribution is -2.21. The van der Waals surface area contributed by atoms with Crippen molar-refractivity contribution in [2.24, 2.45) is 0 Å². The van der Waals surface area contributed by atoms with E-state index in [0.717, 1.165) is 17.3 Å². The number of imidazole rings is 1. The first-order valence-electron chi connectivity index (χ1n) is 11.6. The summed E-state index contributed by atoms with van der Waals surface area (Å²) in [5.74, 6) is 2.70. The van der Waals surface area contributed by atoms with Crippen LogP contribution < -0.4 is 14.8 Å². The van der Waals surface area contributed by atoms with E-state index in [-0.39, 0.29) is 23.1 Å². The molecule has 11 heteroatoms. The Morgan fingerprint density at radius 2 is 1.97 bits per heavy atom. The summed E-state index contributed by atoms with van der Waals surface area (Å²) in [5, 5.41) is 2.76. The van der Waals surface area contributed by atoms with Crippen LogP contribution in [0.2, 0.25) is 0 Å². The number of aromatic amines is 1. The SMILES string of the molecule is O=C1CCc2c(Oc3ccc4c(c3)CC(c3nc(-c5cccnc5C(F)(F)F)c[nH]3)CO4)ccnc2N1. The minimum atomic E-state index is -4.58. The maximum absolute atomic E-state index is 13.4. The number of alkyl halides is 3. The van der Waals surface area contributed by atoms with Gasteiger partial charge >= 0.3 is 6.18 Å². The van der Waals surface area contributed by atoms with Crippen molar-refractivity contribution in [3.63, 3.8) is 0 Å². The molecule has 1 aromatic carbocycles. The van der Waals surface area contributed by atoms with Gasteiger partial charge < -0.3 is 19.8 Å². The van der Waals surface area contributed by atoms with Crippen LogP contribution in [-0.4, -0.2) is 32.4 Å². The summed E-state index contributed by atoms with van der Waals surface area (Å²) in [6.07, 6.45) is 1.03. The van der Waals surface area contributed by atoms with E-state index >= 15 is 0 Å². The van der Waals surface area contributed by atoms with Gasteiger partial charge in [-0.15, -0.1) is 0 Å². The van der Waals surface area contributed by atoms with E-state index in [4.69, 9.17) is 9.47 Å². The summed E-state index contributed by atoms with van der Waals surface area (Å²) in [5.41, 5.74) is 0.846. The van der Waals surface area contributed by atoms with Gasteiger partial charge in [0, 0.05) is 36.1 Å². The molecule has 37 heavy (non-hydrogen) atoms. The number of carbonyl (C=O) groups excluding carboxylic acids is 1. The first-order chi connectivity index (χ1) is 17.8. The van der Waals surface area contributed by atoms with Crippen LogP contribution in [0.4, 0.5) is 19.0 Å². The number of ether oxygens (including phenoxy) is 2. The quantitative estimate of drug-likeness (QED) is 0.390. The number of nitrogens with one attached hydrogen (secondary N) is 2. The highest BCUT2D eigenvalue weighted by Gasteiger charge is 2.36. The predicted molar refractivity (Wildman–Crippen MR) is 126 cm³/mol.